The van der Waals surface area contributed by atoms with Crippen LogP contribution in [0.5, 0.6) is 0 Å². The van der Waals surface area contributed by atoms with Crippen molar-refractivity contribution in [1.82, 2.24) is 10.6 Å². The van der Waals surface area contributed by atoms with Gasteiger partial charge in [0.1, 0.15) is 0 Å². The fraction of sp³-hybridized carbons (Fsp3) is 0.286. The molecule has 0 aromatic heterocycles. The van der Waals surface area contributed by atoms with Crippen LogP contribution in [0.4, 0.5) is 0 Å². The van der Waals surface area contributed by atoms with Crippen LogP contribution in [0.15, 0.2) is 60.7 Å². The summed E-state index contributed by atoms with van der Waals surface area (Å²) in [5.41, 5.74) is 1.63. The first-order chi connectivity index (χ1) is 13.0. The first-order valence-electron chi connectivity index (χ1n) is 8.85. The van der Waals surface area contributed by atoms with Crippen LogP contribution < -0.4 is 10.6 Å². The lowest BCUT2D eigenvalue weighted by Gasteiger charge is -2.23. The average molecular weight is 368 g/mol. The highest BCUT2D eigenvalue weighted by atomic mass is 16.4. The summed E-state index contributed by atoms with van der Waals surface area (Å²) in [6.07, 6.45) is 0.335. The lowest BCUT2D eigenvalue weighted by molar-refractivity contribution is -0.142. The topological polar surface area (TPSA) is 95.5 Å². The SMILES string of the molecule is CC(C(=O)O)C(NC(=O)CCNC(=O)Cc1ccccc1)c1ccccc1. The molecule has 2 aromatic carbocycles. The molecule has 0 aliphatic heterocycles. The fourth-order valence-corrected chi connectivity index (χ4v) is 2.70. The third-order valence-corrected chi connectivity index (χ3v) is 4.25. The van der Waals surface area contributed by atoms with Crippen LogP contribution in [-0.2, 0) is 20.8 Å². The molecule has 0 saturated heterocycles. The van der Waals surface area contributed by atoms with Crippen LogP contribution >= 0.6 is 0 Å². The molecule has 2 unspecified atom stereocenters. The van der Waals surface area contributed by atoms with E-state index in [9.17, 15) is 19.5 Å². The minimum Gasteiger partial charge on any atom is -0.481 e. The predicted molar refractivity (Wildman–Crippen MR) is 102 cm³/mol. The Morgan fingerprint density at radius 1 is 0.926 bits per heavy atom. The Bertz CT molecular complexity index is 762. The number of benzene rings is 2. The van der Waals surface area contributed by atoms with Crippen molar-refractivity contribution in [2.45, 2.75) is 25.8 Å². The zero-order valence-electron chi connectivity index (χ0n) is 15.2. The number of carbonyl (C=O) groups is 3. The summed E-state index contributed by atoms with van der Waals surface area (Å²) < 4.78 is 0. The van der Waals surface area contributed by atoms with Gasteiger partial charge in [0.05, 0.1) is 18.4 Å². The van der Waals surface area contributed by atoms with Gasteiger partial charge in [-0.2, -0.15) is 0 Å². The fourth-order valence-electron chi connectivity index (χ4n) is 2.70. The van der Waals surface area contributed by atoms with E-state index < -0.39 is 17.9 Å². The maximum Gasteiger partial charge on any atom is 0.308 e. The molecule has 0 aliphatic rings. The standard InChI is InChI=1S/C21H24N2O4/c1-15(21(26)27)20(17-10-6-3-7-11-17)23-18(24)12-13-22-19(25)14-16-8-4-2-5-9-16/h2-11,15,20H,12-14H2,1H3,(H,22,25)(H,23,24)(H,26,27). The van der Waals surface area contributed by atoms with Gasteiger partial charge in [0.25, 0.3) is 0 Å². The second kappa shape index (κ2) is 10.1. The molecule has 27 heavy (non-hydrogen) atoms. The van der Waals surface area contributed by atoms with Crippen molar-refractivity contribution in [1.29, 1.82) is 0 Å². The lowest BCUT2D eigenvalue weighted by Crippen LogP contribution is -2.37. The van der Waals surface area contributed by atoms with Gasteiger partial charge in [-0.25, -0.2) is 0 Å². The molecule has 3 N–H and O–H groups in total. The van der Waals surface area contributed by atoms with E-state index in [1.165, 1.54) is 0 Å². The molecule has 2 aromatic rings. The third kappa shape index (κ3) is 6.58. The Morgan fingerprint density at radius 3 is 2.11 bits per heavy atom. The molecular weight excluding hydrogens is 344 g/mol. The van der Waals surface area contributed by atoms with E-state index >= 15 is 0 Å². The largest absolute Gasteiger partial charge is 0.481 e. The third-order valence-electron chi connectivity index (χ3n) is 4.25. The number of nitrogens with one attached hydrogen (secondary N) is 2. The van der Waals surface area contributed by atoms with E-state index in [-0.39, 0.29) is 31.2 Å². The summed E-state index contributed by atoms with van der Waals surface area (Å²) >= 11 is 0. The lowest BCUT2D eigenvalue weighted by atomic mass is 9.94. The van der Waals surface area contributed by atoms with Crippen LogP contribution in [-0.4, -0.2) is 29.4 Å². The van der Waals surface area contributed by atoms with Crippen LogP contribution in [0.1, 0.15) is 30.5 Å². The molecule has 142 valence electrons. The number of carboxylic acid groups (broad SMARTS) is 1. The molecule has 6 heteroatoms. The molecule has 2 atom stereocenters. The second-order valence-electron chi connectivity index (χ2n) is 6.35. The number of aliphatic carboxylic acids is 1. The quantitative estimate of drug-likeness (QED) is 0.633. The maximum atomic E-state index is 12.2. The molecule has 0 fully saturated rings. The van der Waals surface area contributed by atoms with E-state index in [1.807, 2.05) is 36.4 Å². The van der Waals surface area contributed by atoms with Crippen molar-refractivity contribution in [3.05, 3.63) is 71.8 Å². The van der Waals surface area contributed by atoms with Crippen molar-refractivity contribution < 1.29 is 19.5 Å². The number of carbonyl (C=O) groups excluding carboxylic acids is 2. The summed E-state index contributed by atoms with van der Waals surface area (Å²) in [6, 6.07) is 17.7. The first-order valence-corrected chi connectivity index (χ1v) is 8.85. The molecule has 0 radical (unpaired) electrons. The highest BCUT2D eigenvalue weighted by Crippen LogP contribution is 2.22. The number of amides is 2. The summed E-state index contributed by atoms with van der Waals surface area (Å²) in [7, 11) is 0. The van der Waals surface area contributed by atoms with E-state index in [0.717, 1.165) is 11.1 Å². The Hall–Kier alpha value is -3.15. The van der Waals surface area contributed by atoms with E-state index in [0.29, 0.717) is 0 Å². The summed E-state index contributed by atoms with van der Waals surface area (Å²) in [4.78, 5) is 35.5. The normalized spacial score (nSPS) is 12.6. The van der Waals surface area contributed by atoms with Gasteiger partial charge in [-0.1, -0.05) is 60.7 Å². The molecule has 0 heterocycles. The Balaban J connectivity index is 1.85. The molecule has 2 amide bonds. The Morgan fingerprint density at radius 2 is 1.52 bits per heavy atom. The average Bonchev–Trinajstić information content (AvgIpc) is 2.67. The van der Waals surface area contributed by atoms with Crippen LogP contribution in [0.2, 0.25) is 0 Å². The molecule has 0 aliphatic carbocycles. The smallest absolute Gasteiger partial charge is 0.308 e. The second-order valence-corrected chi connectivity index (χ2v) is 6.35. The Labute approximate surface area is 158 Å². The zero-order valence-corrected chi connectivity index (χ0v) is 15.2. The van der Waals surface area contributed by atoms with Crippen LogP contribution in [0.3, 0.4) is 0 Å². The monoisotopic (exact) mass is 368 g/mol. The highest BCUT2D eigenvalue weighted by molar-refractivity contribution is 5.81. The van der Waals surface area contributed by atoms with Crippen molar-refractivity contribution in [3.8, 4) is 0 Å². The maximum absolute atomic E-state index is 12.2. The summed E-state index contributed by atoms with van der Waals surface area (Å²) in [5, 5.41) is 14.8. The molecule has 0 saturated carbocycles. The van der Waals surface area contributed by atoms with Gasteiger partial charge in [-0.05, 0) is 18.1 Å². The molecule has 6 nitrogen and oxygen atoms in total. The van der Waals surface area contributed by atoms with Gasteiger partial charge in [-0.3, -0.25) is 14.4 Å². The molecule has 0 spiro atoms. The van der Waals surface area contributed by atoms with Crippen molar-refractivity contribution >= 4 is 17.8 Å². The van der Waals surface area contributed by atoms with E-state index in [1.54, 1.807) is 31.2 Å². The first kappa shape index (κ1) is 20.2. The van der Waals surface area contributed by atoms with Crippen molar-refractivity contribution in [3.63, 3.8) is 0 Å². The zero-order chi connectivity index (χ0) is 19.6. The Kier molecular flexibility index (Phi) is 7.55. The van der Waals surface area contributed by atoms with Gasteiger partial charge in [-0.15, -0.1) is 0 Å². The van der Waals surface area contributed by atoms with E-state index in [4.69, 9.17) is 0 Å². The van der Waals surface area contributed by atoms with Gasteiger partial charge in [0, 0.05) is 13.0 Å². The number of hydrogen-bond donors (Lipinski definition) is 3. The summed E-state index contributed by atoms with van der Waals surface area (Å²) in [6.45, 7) is 1.75. The highest BCUT2D eigenvalue weighted by Gasteiger charge is 2.26. The molecular formula is C21H24N2O4. The number of rotatable bonds is 9. The van der Waals surface area contributed by atoms with Crippen LogP contribution in [0, 0.1) is 5.92 Å². The number of hydrogen-bond acceptors (Lipinski definition) is 3. The van der Waals surface area contributed by atoms with E-state index in [2.05, 4.69) is 10.6 Å². The molecule has 0 bridgehead atoms. The minimum absolute atomic E-state index is 0.0796. The van der Waals surface area contributed by atoms with Crippen molar-refractivity contribution in [2.24, 2.45) is 5.92 Å². The van der Waals surface area contributed by atoms with Gasteiger partial charge < -0.3 is 15.7 Å². The van der Waals surface area contributed by atoms with Crippen molar-refractivity contribution in [2.75, 3.05) is 6.54 Å². The van der Waals surface area contributed by atoms with Gasteiger partial charge >= 0.3 is 5.97 Å². The minimum atomic E-state index is -0.986. The predicted octanol–water partition coefficient (Wildman–Crippen LogP) is 2.31. The molecule has 2 rings (SSSR count). The van der Waals surface area contributed by atoms with Gasteiger partial charge in [0.2, 0.25) is 11.8 Å². The van der Waals surface area contributed by atoms with Crippen LogP contribution in [0.25, 0.3) is 0 Å². The number of carboxylic acids is 1. The summed E-state index contributed by atoms with van der Waals surface area (Å²) in [5.74, 6) is -2.23. The van der Waals surface area contributed by atoms with Gasteiger partial charge in [0.15, 0.2) is 0 Å².